The summed E-state index contributed by atoms with van der Waals surface area (Å²) in [6.07, 6.45) is 5.98. The van der Waals surface area contributed by atoms with E-state index in [9.17, 15) is 0 Å². The summed E-state index contributed by atoms with van der Waals surface area (Å²) in [7, 11) is 0. The Bertz CT molecular complexity index is 894. The van der Waals surface area contributed by atoms with Crippen LogP contribution in [0, 0.1) is 0 Å². The largest absolute Gasteiger partial charge is 0.353 e. The molecular weight excluding hydrogens is 330 g/mol. The quantitative estimate of drug-likeness (QED) is 0.687. The van der Waals surface area contributed by atoms with Crippen molar-refractivity contribution in [2.75, 3.05) is 54.0 Å². The molecule has 0 spiro atoms. The summed E-state index contributed by atoms with van der Waals surface area (Å²) in [5, 5.41) is 12.5. The topological polar surface area (TPSA) is 78.6 Å². The van der Waals surface area contributed by atoms with Gasteiger partial charge >= 0.3 is 0 Å². The van der Waals surface area contributed by atoms with Crippen LogP contribution in [0.4, 0.5) is 17.6 Å². The highest BCUT2D eigenvalue weighted by molar-refractivity contribution is 5.49. The molecule has 0 aromatic carbocycles. The first kappa shape index (κ1) is 15.3. The average molecular weight is 351 g/mol. The summed E-state index contributed by atoms with van der Waals surface area (Å²) < 4.78 is 1.72. The lowest BCUT2D eigenvalue weighted by Gasteiger charge is -2.36. The Kier molecular flexibility index (Phi) is 3.76. The molecule has 0 N–H and O–H groups in total. The van der Waals surface area contributed by atoms with Gasteiger partial charge in [-0.15, -0.1) is 15.3 Å². The molecule has 2 aliphatic rings. The number of aromatic nitrogens is 6. The molecule has 0 aliphatic carbocycles. The van der Waals surface area contributed by atoms with Crippen LogP contribution in [0.5, 0.6) is 0 Å². The van der Waals surface area contributed by atoms with E-state index in [4.69, 9.17) is 4.98 Å². The van der Waals surface area contributed by atoms with E-state index in [-0.39, 0.29) is 0 Å². The average Bonchev–Trinajstić information content (AvgIpc) is 3.39. The summed E-state index contributed by atoms with van der Waals surface area (Å²) in [6, 6.07) is 5.97. The molecule has 0 unspecified atom stereocenters. The molecule has 3 aromatic rings. The molecule has 0 atom stereocenters. The summed E-state index contributed by atoms with van der Waals surface area (Å²) in [5.41, 5.74) is 0.766. The highest BCUT2D eigenvalue weighted by Gasteiger charge is 2.21. The van der Waals surface area contributed by atoms with Gasteiger partial charge in [-0.2, -0.15) is 9.50 Å². The Hall–Kier alpha value is -2.97. The highest BCUT2D eigenvalue weighted by Crippen LogP contribution is 2.21. The van der Waals surface area contributed by atoms with Crippen molar-refractivity contribution in [2.45, 2.75) is 12.8 Å². The Balaban J connectivity index is 1.28. The van der Waals surface area contributed by atoms with Gasteiger partial charge in [0.15, 0.2) is 5.65 Å². The van der Waals surface area contributed by atoms with E-state index in [1.54, 1.807) is 10.8 Å². The van der Waals surface area contributed by atoms with Gasteiger partial charge in [-0.05, 0) is 31.0 Å². The minimum atomic E-state index is 0.766. The molecule has 0 saturated carbocycles. The van der Waals surface area contributed by atoms with Gasteiger partial charge in [0.1, 0.15) is 18.0 Å². The smallest absolute Gasteiger partial charge is 0.227 e. The monoisotopic (exact) mass is 351 g/mol. The molecule has 2 fully saturated rings. The number of hydrogen-bond donors (Lipinski definition) is 0. The lowest BCUT2D eigenvalue weighted by molar-refractivity contribution is 0.635. The number of nitrogens with zero attached hydrogens (tertiary/aromatic N) is 9. The Morgan fingerprint density at radius 3 is 2.35 bits per heavy atom. The van der Waals surface area contributed by atoms with E-state index in [1.165, 1.54) is 12.8 Å². The lowest BCUT2D eigenvalue weighted by Crippen LogP contribution is -2.47. The zero-order valence-electron chi connectivity index (χ0n) is 14.6. The zero-order chi connectivity index (χ0) is 17.3. The maximum Gasteiger partial charge on any atom is 0.227 e. The molecule has 3 aromatic heterocycles. The van der Waals surface area contributed by atoms with Crippen LogP contribution in [0.1, 0.15) is 12.8 Å². The molecule has 0 radical (unpaired) electrons. The van der Waals surface area contributed by atoms with Crippen molar-refractivity contribution in [2.24, 2.45) is 0 Å². The number of anilines is 3. The van der Waals surface area contributed by atoms with Crippen LogP contribution >= 0.6 is 0 Å². The first-order chi connectivity index (χ1) is 12.9. The SMILES string of the molecule is c1cc(N2CCN(c3ccc4nncn4n3)CC2)nc(N2CCCC2)n1. The van der Waals surface area contributed by atoms with Gasteiger partial charge in [-0.3, -0.25) is 0 Å². The summed E-state index contributed by atoms with van der Waals surface area (Å²) in [6.45, 7) is 5.77. The van der Waals surface area contributed by atoms with E-state index in [0.717, 1.165) is 62.5 Å². The first-order valence-corrected chi connectivity index (χ1v) is 9.12. The van der Waals surface area contributed by atoms with Crippen LogP contribution in [0.2, 0.25) is 0 Å². The van der Waals surface area contributed by atoms with E-state index >= 15 is 0 Å². The van der Waals surface area contributed by atoms with Crippen LogP contribution in [0.3, 0.4) is 0 Å². The van der Waals surface area contributed by atoms with Crippen molar-refractivity contribution in [3.05, 3.63) is 30.7 Å². The number of piperazine rings is 1. The van der Waals surface area contributed by atoms with E-state index in [1.807, 2.05) is 24.4 Å². The fraction of sp³-hybridized carbons (Fsp3) is 0.471. The molecule has 5 heterocycles. The lowest BCUT2D eigenvalue weighted by atomic mass is 10.3. The van der Waals surface area contributed by atoms with Crippen molar-refractivity contribution >= 4 is 23.2 Å². The Labute approximate surface area is 151 Å². The summed E-state index contributed by atoms with van der Waals surface area (Å²) in [5.74, 6) is 2.84. The zero-order valence-corrected chi connectivity index (χ0v) is 14.6. The van der Waals surface area contributed by atoms with Gasteiger partial charge < -0.3 is 14.7 Å². The van der Waals surface area contributed by atoms with E-state index in [2.05, 4.69) is 35.0 Å². The first-order valence-electron chi connectivity index (χ1n) is 9.12. The maximum atomic E-state index is 4.80. The molecule has 9 nitrogen and oxygen atoms in total. The van der Waals surface area contributed by atoms with Crippen LogP contribution in [0.25, 0.3) is 5.65 Å². The number of hydrogen-bond acceptors (Lipinski definition) is 8. The van der Waals surface area contributed by atoms with Crippen LogP contribution in [-0.4, -0.2) is 69.0 Å². The summed E-state index contributed by atoms with van der Waals surface area (Å²) in [4.78, 5) is 16.1. The standard InChI is InChI=1S/C17H21N9/c1-2-8-25(7-1)17-18-6-5-14(20-17)23-9-11-24(12-10-23)16-4-3-15-21-19-13-26(15)22-16/h3-6,13H,1-2,7-12H2. The molecule has 9 heteroatoms. The highest BCUT2D eigenvalue weighted by atomic mass is 15.4. The summed E-state index contributed by atoms with van der Waals surface area (Å²) >= 11 is 0. The minimum absolute atomic E-state index is 0.766. The normalized spacial score (nSPS) is 18.1. The second kappa shape index (κ2) is 6.40. The van der Waals surface area contributed by atoms with Gasteiger partial charge in [0.2, 0.25) is 5.95 Å². The van der Waals surface area contributed by atoms with Crippen molar-refractivity contribution in [3.8, 4) is 0 Å². The second-order valence-electron chi connectivity index (χ2n) is 6.71. The molecular formula is C17H21N9. The van der Waals surface area contributed by atoms with Crippen LogP contribution in [0.15, 0.2) is 30.7 Å². The third kappa shape index (κ3) is 2.79. The van der Waals surface area contributed by atoms with Gasteiger partial charge in [0, 0.05) is 45.5 Å². The van der Waals surface area contributed by atoms with Crippen LogP contribution < -0.4 is 14.7 Å². The van der Waals surface area contributed by atoms with E-state index in [0.29, 0.717) is 0 Å². The maximum absolute atomic E-state index is 4.80. The number of rotatable bonds is 3. The van der Waals surface area contributed by atoms with Crippen LogP contribution in [-0.2, 0) is 0 Å². The van der Waals surface area contributed by atoms with Gasteiger partial charge in [-0.25, -0.2) is 4.98 Å². The Morgan fingerprint density at radius 1 is 0.769 bits per heavy atom. The predicted octanol–water partition coefficient (Wildman–Crippen LogP) is 0.841. The molecule has 5 rings (SSSR count). The minimum Gasteiger partial charge on any atom is -0.353 e. The van der Waals surface area contributed by atoms with Crippen molar-refractivity contribution in [1.82, 2.24) is 29.8 Å². The third-order valence-electron chi connectivity index (χ3n) is 5.09. The van der Waals surface area contributed by atoms with Crippen molar-refractivity contribution in [1.29, 1.82) is 0 Å². The second-order valence-corrected chi connectivity index (χ2v) is 6.71. The van der Waals surface area contributed by atoms with E-state index < -0.39 is 0 Å². The van der Waals surface area contributed by atoms with Gasteiger partial charge in [0.25, 0.3) is 0 Å². The molecule has 0 bridgehead atoms. The number of fused-ring (bicyclic) bond motifs is 1. The molecule has 0 amide bonds. The fourth-order valence-corrected chi connectivity index (χ4v) is 3.64. The van der Waals surface area contributed by atoms with Crippen molar-refractivity contribution in [3.63, 3.8) is 0 Å². The Morgan fingerprint density at radius 2 is 1.54 bits per heavy atom. The fourth-order valence-electron chi connectivity index (χ4n) is 3.64. The molecule has 2 aliphatic heterocycles. The van der Waals surface area contributed by atoms with Gasteiger partial charge in [0.05, 0.1) is 0 Å². The van der Waals surface area contributed by atoms with Crippen molar-refractivity contribution < 1.29 is 0 Å². The molecule has 134 valence electrons. The van der Waals surface area contributed by atoms with Gasteiger partial charge in [-0.1, -0.05) is 0 Å². The third-order valence-corrected chi connectivity index (χ3v) is 5.09. The molecule has 2 saturated heterocycles. The molecule has 26 heavy (non-hydrogen) atoms. The predicted molar refractivity (Wildman–Crippen MR) is 98.7 cm³/mol.